The summed E-state index contributed by atoms with van der Waals surface area (Å²) in [5, 5.41) is 0.0947. The van der Waals surface area contributed by atoms with Crippen molar-refractivity contribution in [1.29, 1.82) is 0 Å². The Balaban J connectivity index is 1.57. The fourth-order valence-electron chi connectivity index (χ4n) is 4.34. The summed E-state index contributed by atoms with van der Waals surface area (Å²) in [7, 11) is 1.43. The number of ether oxygens (including phenoxy) is 2. The van der Waals surface area contributed by atoms with Crippen LogP contribution in [0.2, 0.25) is 0 Å². The number of hydrogen-bond donors (Lipinski definition) is 2. The molecule has 0 saturated heterocycles. The molecule has 1 atom stereocenters. The zero-order chi connectivity index (χ0) is 25.1. The van der Waals surface area contributed by atoms with Crippen LogP contribution in [-0.4, -0.2) is 40.8 Å². The number of aromatic nitrogens is 2. The summed E-state index contributed by atoms with van der Waals surface area (Å²) in [6.45, 7) is -0.0272. The van der Waals surface area contributed by atoms with Gasteiger partial charge in [0.2, 0.25) is 0 Å². The second-order valence-corrected chi connectivity index (χ2v) is 8.05. The minimum Gasteiger partial charge on any atom is -0.405 e. The molecule has 12 heteroatoms. The fraction of sp³-hybridized carbons (Fsp3) is 0.217. The van der Waals surface area contributed by atoms with Gasteiger partial charge in [-0.25, -0.2) is 8.78 Å². The van der Waals surface area contributed by atoms with Crippen LogP contribution in [0.4, 0.5) is 22.0 Å². The molecule has 3 heterocycles. The summed E-state index contributed by atoms with van der Waals surface area (Å²) >= 11 is 0. The monoisotopic (exact) mass is 493 g/mol. The molecular weight excluding hydrogens is 477 g/mol. The zero-order valence-corrected chi connectivity index (χ0v) is 17.9. The Bertz CT molecular complexity index is 1540. The number of pyridine rings is 1. The summed E-state index contributed by atoms with van der Waals surface area (Å²) in [6, 6.07) is 6.08. The number of carbonyl (C=O) groups excluding carboxylic acids is 1. The van der Waals surface area contributed by atoms with Crippen LogP contribution in [0.25, 0.3) is 21.7 Å². The van der Waals surface area contributed by atoms with E-state index in [9.17, 15) is 31.5 Å². The van der Waals surface area contributed by atoms with Gasteiger partial charge >= 0.3 is 6.36 Å². The van der Waals surface area contributed by atoms with Gasteiger partial charge in [-0.05, 0) is 35.7 Å². The van der Waals surface area contributed by atoms with Crippen molar-refractivity contribution in [3.8, 4) is 5.75 Å². The highest BCUT2D eigenvalue weighted by molar-refractivity contribution is 6.00. The number of carbonyl (C=O) groups is 1. The van der Waals surface area contributed by atoms with Gasteiger partial charge in [0.25, 0.3) is 11.5 Å². The Morgan fingerprint density at radius 3 is 2.51 bits per heavy atom. The Morgan fingerprint density at radius 2 is 1.80 bits per heavy atom. The highest BCUT2D eigenvalue weighted by Crippen LogP contribution is 2.35. The highest BCUT2D eigenvalue weighted by Gasteiger charge is 2.34. The first kappa shape index (κ1) is 22.8. The van der Waals surface area contributed by atoms with Gasteiger partial charge in [0.05, 0.1) is 24.6 Å². The third kappa shape index (κ3) is 3.99. The van der Waals surface area contributed by atoms with E-state index in [1.807, 2.05) is 0 Å². The summed E-state index contributed by atoms with van der Waals surface area (Å²) in [6.07, 6.45) is -4.91. The Labute approximate surface area is 193 Å². The first-order valence-corrected chi connectivity index (χ1v) is 10.3. The topological polar surface area (TPSA) is 87.4 Å². The molecule has 1 amide bonds. The normalized spacial score (nSPS) is 15.9. The van der Waals surface area contributed by atoms with Gasteiger partial charge in [0, 0.05) is 29.2 Å². The predicted molar refractivity (Wildman–Crippen MR) is 114 cm³/mol. The number of halogens is 5. The molecular formula is C23H16F5N3O4. The molecule has 1 aliphatic rings. The van der Waals surface area contributed by atoms with Crippen LogP contribution < -0.4 is 10.3 Å². The van der Waals surface area contributed by atoms with E-state index in [-0.39, 0.29) is 40.6 Å². The molecule has 4 aromatic rings. The maximum absolute atomic E-state index is 14.1. The lowest BCUT2D eigenvalue weighted by atomic mass is 9.95. The lowest BCUT2D eigenvalue weighted by molar-refractivity contribution is -0.274. The van der Waals surface area contributed by atoms with Gasteiger partial charge in [0.1, 0.15) is 11.4 Å². The van der Waals surface area contributed by atoms with Gasteiger partial charge < -0.3 is 24.3 Å². The minimum atomic E-state index is -4.91. The van der Waals surface area contributed by atoms with Crippen LogP contribution in [-0.2, 0) is 11.3 Å². The van der Waals surface area contributed by atoms with Crippen molar-refractivity contribution in [3.05, 3.63) is 75.3 Å². The van der Waals surface area contributed by atoms with Gasteiger partial charge in [0.15, 0.2) is 11.6 Å². The van der Waals surface area contributed by atoms with E-state index in [1.54, 1.807) is 0 Å². The van der Waals surface area contributed by atoms with Gasteiger partial charge in [-0.2, -0.15) is 0 Å². The molecule has 0 aliphatic carbocycles. The Kier molecular flexibility index (Phi) is 5.28. The first-order chi connectivity index (χ1) is 16.5. The second kappa shape index (κ2) is 8.08. The molecule has 2 aromatic carbocycles. The molecule has 35 heavy (non-hydrogen) atoms. The lowest BCUT2D eigenvalue weighted by Crippen LogP contribution is -2.37. The van der Waals surface area contributed by atoms with Gasteiger partial charge in [-0.15, -0.1) is 13.2 Å². The molecule has 0 unspecified atom stereocenters. The standard InChI is InChI=1S/C23H16F5N3O4/c1-31(22(33)16-7-12-15(29-16)3-2-4-19(12)35-23(26,27)28)18-9-34-8-17-20(18)10-5-13(24)14(25)6-11(10)21(32)30-17/h2-7,18,29H,8-9H2,1H3,(H,30,32)/t18-/m1/s1. The van der Waals surface area contributed by atoms with Crippen molar-refractivity contribution < 1.29 is 36.2 Å². The van der Waals surface area contributed by atoms with Crippen LogP contribution in [0.1, 0.15) is 27.8 Å². The highest BCUT2D eigenvalue weighted by atomic mass is 19.4. The molecule has 2 aromatic heterocycles. The van der Waals surface area contributed by atoms with Crippen LogP contribution >= 0.6 is 0 Å². The van der Waals surface area contributed by atoms with Crippen LogP contribution in [0.3, 0.4) is 0 Å². The third-order valence-electron chi connectivity index (χ3n) is 5.91. The third-order valence-corrected chi connectivity index (χ3v) is 5.91. The number of H-pyrrole nitrogens is 2. The van der Waals surface area contributed by atoms with Crippen LogP contribution in [0, 0.1) is 11.6 Å². The number of amides is 1. The number of aromatic amines is 2. The molecule has 1 aliphatic heterocycles. The average molecular weight is 493 g/mol. The summed E-state index contributed by atoms with van der Waals surface area (Å²) < 4.78 is 75.7. The molecule has 0 radical (unpaired) electrons. The van der Waals surface area contributed by atoms with E-state index < -0.39 is 41.3 Å². The Hall–Kier alpha value is -3.93. The van der Waals surface area contributed by atoms with E-state index in [0.717, 1.165) is 18.2 Å². The number of benzene rings is 2. The summed E-state index contributed by atoms with van der Waals surface area (Å²) in [4.78, 5) is 32.3. The molecule has 0 bridgehead atoms. The van der Waals surface area contributed by atoms with Crippen molar-refractivity contribution in [2.45, 2.75) is 19.0 Å². The average Bonchev–Trinajstić information content (AvgIpc) is 3.23. The maximum atomic E-state index is 14.1. The van der Waals surface area contributed by atoms with E-state index in [0.29, 0.717) is 11.3 Å². The van der Waals surface area contributed by atoms with Crippen molar-refractivity contribution in [3.63, 3.8) is 0 Å². The van der Waals surface area contributed by atoms with E-state index in [2.05, 4.69) is 14.7 Å². The Morgan fingerprint density at radius 1 is 1.09 bits per heavy atom. The number of nitrogens with zero attached hydrogens (tertiary/aromatic N) is 1. The molecule has 182 valence electrons. The van der Waals surface area contributed by atoms with Crippen molar-refractivity contribution in [2.24, 2.45) is 0 Å². The van der Waals surface area contributed by atoms with Crippen LogP contribution in [0.15, 0.2) is 41.2 Å². The summed E-state index contributed by atoms with van der Waals surface area (Å²) in [5.41, 5.74) is 0.276. The first-order valence-electron chi connectivity index (χ1n) is 10.3. The van der Waals surface area contributed by atoms with Crippen molar-refractivity contribution >= 4 is 27.6 Å². The zero-order valence-electron chi connectivity index (χ0n) is 17.9. The summed E-state index contributed by atoms with van der Waals surface area (Å²) in [5.74, 6) is -3.42. The molecule has 0 spiro atoms. The quantitative estimate of drug-likeness (QED) is 0.411. The second-order valence-electron chi connectivity index (χ2n) is 8.05. The van der Waals surface area contributed by atoms with E-state index in [1.165, 1.54) is 30.1 Å². The number of rotatable bonds is 3. The minimum absolute atomic E-state index is 0.0113. The SMILES string of the molecule is CN(C(=O)c1cc2c(OC(F)(F)F)cccc2[nH]1)[C@@H]1COCc2[nH]c(=O)c3cc(F)c(F)cc3c21. The number of alkyl halides is 3. The largest absolute Gasteiger partial charge is 0.573 e. The smallest absolute Gasteiger partial charge is 0.405 e. The van der Waals surface area contributed by atoms with Crippen LogP contribution in [0.5, 0.6) is 5.75 Å². The van der Waals surface area contributed by atoms with Gasteiger partial charge in [-0.1, -0.05) is 6.07 Å². The van der Waals surface area contributed by atoms with E-state index in [4.69, 9.17) is 4.74 Å². The number of hydrogen-bond acceptors (Lipinski definition) is 4. The van der Waals surface area contributed by atoms with Gasteiger partial charge in [-0.3, -0.25) is 9.59 Å². The molecule has 7 nitrogen and oxygen atoms in total. The lowest BCUT2D eigenvalue weighted by Gasteiger charge is -2.33. The fourth-order valence-corrected chi connectivity index (χ4v) is 4.34. The molecule has 0 saturated carbocycles. The number of nitrogens with one attached hydrogen (secondary N) is 2. The number of fused-ring (bicyclic) bond motifs is 4. The van der Waals surface area contributed by atoms with Crippen molar-refractivity contribution in [1.82, 2.24) is 14.9 Å². The van der Waals surface area contributed by atoms with Crippen molar-refractivity contribution in [2.75, 3.05) is 13.7 Å². The molecule has 0 fully saturated rings. The maximum Gasteiger partial charge on any atom is 0.573 e. The van der Waals surface area contributed by atoms with E-state index >= 15 is 0 Å². The predicted octanol–water partition coefficient (Wildman–Crippen LogP) is 4.53. The molecule has 5 rings (SSSR count). The molecule has 2 N–H and O–H groups in total. The number of likely N-dealkylation sites (N-methyl/N-ethyl adjacent to an activating group) is 1.